The maximum Gasteiger partial charge on any atom is 0.0574 e. The summed E-state index contributed by atoms with van der Waals surface area (Å²) in [5.41, 5.74) is 1.85. The molecule has 0 aromatic rings. The van der Waals surface area contributed by atoms with E-state index in [4.69, 9.17) is 4.74 Å². The van der Waals surface area contributed by atoms with Gasteiger partial charge in [0, 0.05) is 7.11 Å². The van der Waals surface area contributed by atoms with E-state index in [1.165, 1.54) is 64.2 Å². The molecule has 2 heteroatoms. The van der Waals surface area contributed by atoms with Crippen LogP contribution in [0, 0.1) is 41.4 Å². The van der Waals surface area contributed by atoms with Crippen molar-refractivity contribution in [1.29, 1.82) is 0 Å². The van der Waals surface area contributed by atoms with Crippen LogP contribution in [0.15, 0.2) is 11.6 Å². The Morgan fingerprint density at radius 3 is 2.46 bits per heavy atom. The van der Waals surface area contributed by atoms with Crippen LogP contribution in [0.25, 0.3) is 0 Å². The lowest BCUT2D eigenvalue weighted by Crippen LogP contribution is -2.40. The van der Waals surface area contributed by atoms with Gasteiger partial charge < -0.3 is 9.84 Å². The molecule has 26 heavy (non-hydrogen) atoms. The van der Waals surface area contributed by atoms with Gasteiger partial charge in [0.1, 0.15) is 0 Å². The summed E-state index contributed by atoms with van der Waals surface area (Å²) in [4.78, 5) is 0. The normalized spacial score (nSPS) is 51.2. The highest BCUT2D eigenvalue weighted by Crippen LogP contribution is 2.56. The van der Waals surface area contributed by atoms with Gasteiger partial charge in [-0.1, -0.05) is 11.6 Å². The van der Waals surface area contributed by atoms with E-state index in [-0.39, 0.29) is 6.10 Å². The Kier molecular flexibility index (Phi) is 4.94. The molecule has 146 valence electrons. The monoisotopic (exact) mass is 358 g/mol. The summed E-state index contributed by atoms with van der Waals surface area (Å²) < 4.78 is 5.72. The van der Waals surface area contributed by atoms with Gasteiger partial charge in [-0.3, -0.25) is 0 Å². The first-order chi connectivity index (χ1) is 12.7. The first-order valence-electron chi connectivity index (χ1n) is 11.6. The van der Waals surface area contributed by atoms with Crippen molar-refractivity contribution in [2.45, 2.75) is 89.3 Å². The first-order valence-corrected chi connectivity index (χ1v) is 11.6. The minimum atomic E-state index is -0.0173. The summed E-state index contributed by atoms with van der Waals surface area (Å²) in [6.45, 7) is 0. The standard InChI is InChI=1S/C24H38O2/c1-26-20-7-9-22-18(14-20)5-3-16-12-15-2-4-17-13-19(25)6-8-21(17)23(15)10-11-24(16)22/h2,16-25H,3-14H2,1H3/t16-,17+,18-,19-,20-,21-,22-,23-,24-/m0/s1. The largest absolute Gasteiger partial charge is 0.393 e. The zero-order valence-electron chi connectivity index (χ0n) is 16.6. The molecule has 4 saturated carbocycles. The Morgan fingerprint density at radius 2 is 1.58 bits per heavy atom. The Bertz CT molecular complexity index is 540. The van der Waals surface area contributed by atoms with Crippen LogP contribution in [0.1, 0.15) is 77.0 Å². The number of fused-ring (bicyclic) bond motifs is 6. The number of aliphatic hydroxyl groups is 1. The molecule has 0 aliphatic heterocycles. The Hall–Kier alpha value is -0.340. The second-order valence-corrected chi connectivity index (χ2v) is 10.4. The highest BCUT2D eigenvalue weighted by atomic mass is 16.5. The predicted molar refractivity (Wildman–Crippen MR) is 105 cm³/mol. The minimum absolute atomic E-state index is 0.0173. The van der Waals surface area contributed by atoms with Crippen LogP contribution in [0.3, 0.4) is 0 Å². The van der Waals surface area contributed by atoms with E-state index in [1.54, 1.807) is 0 Å². The minimum Gasteiger partial charge on any atom is -0.393 e. The number of hydrogen-bond donors (Lipinski definition) is 1. The third-order valence-electron chi connectivity index (χ3n) is 9.39. The van der Waals surface area contributed by atoms with E-state index in [0.29, 0.717) is 6.10 Å². The van der Waals surface area contributed by atoms with Crippen molar-refractivity contribution in [3.05, 3.63) is 11.6 Å². The molecule has 2 nitrogen and oxygen atoms in total. The van der Waals surface area contributed by atoms with Gasteiger partial charge in [-0.05, 0) is 118 Å². The molecule has 5 rings (SSSR count). The van der Waals surface area contributed by atoms with Gasteiger partial charge >= 0.3 is 0 Å². The summed E-state index contributed by atoms with van der Waals surface area (Å²) >= 11 is 0. The number of allylic oxidation sites excluding steroid dienone is 2. The average molecular weight is 359 g/mol. The van der Waals surface area contributed by atoms with Crippen LogP contribution >= 0.6 is 0 Å². The lowest BCUT2D eigenvalue weighted by molar-refractivity contribution is -0.0225. The molecule has 0 heterocycles. The van der Waals surface area contributed by atoms with Crippen LogP contribution < -0.4 is 0 Å². The lowest BCUT2D eigenvalue weighted by atomic mass is 9.59. The molecular weight excluding hydrogens is 320 g/mol. The third-order valence-corrected chi connectivity index (χ3v) is 9.39. The summed E-state index contributed by atoms with van der Waals surface area (Å²) in [5, 5.41) is 10.1. The molecule has 0 spiro atoms. The van der Waals surface area contributed by atoms with Crippen molar-refractivity contribution in [1.82, 2.24) is 0 Å². The van der Waals surface area contributed by atoms with E-state index in [1.807, 2.05) is 12.7 Å². The Balaban J connectivity index is 1.33. The maximum atomic E-state index is 10.1. The van der Waals surface area contributed by atoms with Crippen LogP contribution in [-0.2, 0) is 4.74 Å². The number of ether oxygens (including phenoxy) is 1. The SMILES string of the molecule is CO[C@H]1CC[C@H]2[C@@H](CC[C@H]3CC4=CC[C@@H]5C[C@@H](O)CC[C@@H]5[C@H]4CC[C@@H]32)C1. The summed E-state index contributed by atoms with van der Waals surface area (Å²) in [6.07, 6.45) is 19.2. The van der Waals surface area contributed by atoms with Crippen molar-refractivity contribution < 1.29 is 9.84 Å². The number of hydrogen-bond acceptors (Lipinski definition) is 2. The maximum absolute atomic E-state index is 10.1. The van der Waals surface area contributed by atoms with E-state index in [0.717, 1.165) is 54.3 Å². The Morgan fingerprint density at radius 1 is 0.808 bits per heavy atom. The van der Waals surface area contributed by atoms with Gasteiger partial charge in [0.15, 0.2) is 0 Å². The molecule has 0 saturated heterocycles. The van der Waals surface area contributed by atoms with Crippen molar-refractivity contribution in [3.8, 4) is 0 Å². The van der Waals surface area contributed by atoms with Crippen molar-refractivity contribution in [2.75, 3.05) is 7.11 Å². The van der Waals surface area contributed by atoms with Crippen LogP contribution in [0.5, 0.6) is 0 Å². The first kappa shape index (κ1) is 17.7. The van der Waals surface area contributed by atoms with Crippen molar-refractivity contribution in [2.24, 2.45) is 41.4 Å². The fourth-order valence-corrected chi connectivity index (χ4v) is 8.15. The van der Waals surface area contributed by atoms with Gasteiger partial charge in [-0.25, -0.2) is 0 Å². The molecule has 5 aliphatic rings. The van der Waals surface area contributed by atoms with Gasteiger partial charge in [-0.2, -0.15) is 0 Å². The predicted octanol–water partition coefficient (Wildman–Crippen LogP) is 5.35. The van der Waals surface area contributed by atoms with Crippen LogP contribution in [0.4, 0.5) is 0 Å². The third kappa shape index (κ3) is 3.09. The van der Waals surface area contributed by atoms with Gasteiger partial charge in [0.25, 0.3) is 0 Å². The molecule has 5 aliphatic carbocycles. The molecule has 4 fully saturated rings. The number of methoxy groups -OCH3 is 1. The molecule has 0 aromatic carbocycles. The fraction of sp³-hybridized carbons (Fsp3) is 0.917. The smallest absolute Gasteiger partial charge is 0.0574 e. The zero-order chi connectivity index (χ0) is 17.7. The van der Waals surface area contributed by atoms with Crippen LogP contribution in [0.2, 0.25) is 0 Å². The second-order valence-electron chi connectivity index (χ2n) is 10.4. The van der Waals surface area contributed by atoms with E-state index >= 15 is 0 Å². The molecule has 0 aromatic heterocycles. The molecule has 0 amide bonds. The number of aliphatic hydroxyl groups excluding tert-OH is 1. The summed E-state index contributed by atoms with van der Waals surface area (Å²) in [5.74, 6) is 6.42. The van der Waals surface area contributed by atoms with Crippen molar-refractivity contribution in [3.63, 3.8) is 0 Å². The van der Waals surface area contributed by atoms with Crippen molar-refractivity contribution >= 4 is 0 Å². The van der Waals surface area contributed by atoms with Gasteiger partial charge in [0.05, 0.1) is 12.2 Å². The summed E-state index contributed by atoms with van der Waals surface area (Å²) in [6, 6.07) is 0. The van der Waals surface area contributed by atoms with E-state index in [9.17, 15) is 5.11 Å². The fourth-order valence-electron chi connectivity index (χ4n) is 8.15. The van der Waals surface area contributed by atoms with Gasteiger partial charge in [-0.15, -0.1) is 0 Å². The highest BCUT2D eigenvalue weighted by Gasteiger charge is 2.46. The van der Waals surface area contributed by atoms with Crippen LogP contribution in [-0.4, -0.2) is 24.4 Å². The van der Waals surface area contributed by atoms with E-state index in [2.05, 4.69) is 6.08 Å². The molecule has 9 atom stereocenters. The molecule has 1 N–H and O–H groups in total. The molecular formula is C24H38O2. The lowest BCUT2D eigenvalue weighted by Gasteiger charge is -2.47. The van der Waals surface area contributed by atoms with E-state index < -0.39 is 0 Å². The molecule has 0 bridgehead atoms. The second kappa shape index (κ2) is 7.24. The van der Waals surface area contributed by atoms with Gasteiger partial charge in [0.2, 0.25) is 0 Å². The zero-order valence-corrected chi connectivity index (χ0v) is 16.6. The highest BCUT2D eigenvalue weighted by molar-refractivity contribution is 5.18. The molecule has 0 unspecified atom stereocenters. The quantitative estimate of drug-likeness (QED) is 0.640. The molecule has 0 radical (unpaired) electrons. The Labute approximate surface area is 159 Å². The number of rotatable bonds is 1. The topological polar surface area (TPSA) is 29.5 Å². The summed E-state index contributed by atoms with van der Waals surface area (Å²) in [7, 11) is 1.91. The average Bonchev–Trinajstić information content (AvgIpc) is 2.86.